The standard InChI is InChI=1S/C25H33N5O4/c1-15(2)13-29(22-23(26)30(14-16(3)4)25(34)27-24(22)33)21(32)12-20-19-9-7-6-8-18(19)10-11-28(20)17(5)31/h6-11,15-16,20H,12-14,26H2,1-5H3,(H,27,33,34)/t20-/m1/s1. The number of carbonyl (C=O) groups is 2. The Bertz CT molecular complexity index is 1220. The molecule has 1 aliphatic rings. The molecule has 3 rings (SSSR count). The topological polar surface area (TPSA) is 121 Å². The summed E-state index contributed by atoms with van der Waals surface area (Å²) in [5.41, 5.74) is 6.74. The molecule has 1 aliphatic heterocycles. The average Bonchev–Trinajstić information content (AvgIpc) is 2.75. The maximum Gasteiger partial charge on any atom is 0.330 e. The molecule has 2 heterocycles. The number of hydrogen-bond donors (Lipinski definition) is 2. The van der Waals surface area contributed by atoms with Gasteiger partial charge in [0.1, 0.15) is 5.82 Å². The maximum absolute atomic E-state index is 13.7. The summed E-state index contributed by atoms with van der Waals surface area (Å²) in [6.07, 6.45) is 3.48. The van der Waals surface area contributed by atoms with E-state index in [-0.39, 0.29) is 48.1 Å². The quantitative estimate of drug-likeness (QED) is 0.648. The van der Waals surface area contributed by atoms with Crippen LogP contribution < -0.4 is 21.9 Å². The summed E-state index contributed by atoms with van der Waals surface area (Å²) in [6, 6.07) is 7.06. The van der Waals surface area contributed by atoms with Crippen LogP contribution in [0.4, 0.5) is 11.5 Å². The highest BCUT2D eigenvalue weighted by Gasteiger charge is 2.32. The van der Waals surface area contributed by atoms with E-state index in [2.05, 4.69) is 4.98 Å². The van der Waals surface area contributed by atoms with Gasteiger partial charge in [-0.1, -0.05) is 52.0 Å². The van der Waals surface area contributed by atoms with Gasteiger partial charge >= 0.3 is 5.69 Å². The van der Waals surface area contributed by atoms with Crippen molar-refractivity contribution in [3.63, 3.8) is 0 Å². The van der Waals surface area contributed by atoms with Gasteiger partial charge in [-0.15, -0.1) is 0 Å². The van der Waals surface area contributed by atoms with E-state index in [1.807, 2.05) is 58.0 Å². The Labute approximate surface area is 198 Å². The third kappa shape index (κ3) is 5.13. The van der Waals surface area contributed by atoms with E-state index in [4.69, 9.17) is 5.73 Å². The van der Waals surface area contributed by atoms with Crippen molar-refractivity contribution in [2.45, 2.75) is 53.6 Å². The molecular weight excluding hydrogens is 434 g/mol. The molecule has 1 atom stereocenters. The van der Waals surface area contributed by atoms with Crippen molar-refractivity contribution in [2.75, 3.05) is 17.2 Å². The number of aromatic amines is 1. The molecule has 182 valence electrons. The molecule has 9 nitrogen and oxygen atoms in total. The number of benzene rings is 1. The van der Waals surface area contributed by atoms with Crippen LogP contribution in [0.15, 0.2) is 40.1 Å². The lowest BCUT2D eigenvalue weighted by Gasteiger charge is -2.34. The molecule has 3 N–H and O–H groups in total. The van der Waals surface area contributed by atoms with Gasteiger partial charge in [0.15, 0.2) is 5.69 Å². The lowest BCUT2D eigenvalue weighted by atomic mass is 9.93. The van der Waals surface area contributed by atoms with Gasteiger partial charge in [0.05, 0.1) is 12.5 Å². The Balaban J connectivity index is 2.07. The average molecular weight is 468 g/mol. The normalized spacial score (nSPS) is 15.0. The van der Waals surface area contributed by atoms with E-state index in [1.54, 1.807) is 6.20 Å². The Hall–Kier alpha value is -3.62. The molecule has 1 aromatic carbocycles. The minimum atomic E-state index is -0.705. The van der Waals surface area contributed by atoms with Gasteiger partial charge in [-0.2, -0.15) is 0 Å². The monoisotopic (exact) mass is 467 g/mol. The van der Waals surface area contributed by atoms with Crippen LogP contribution in [0.5, 0.6) is 0 Å². The van der Waals surface area contributed by atoms with Gasteiger partial charge in [-0.05, 0) is 29.0 Å². The van der Waals surface area contributed by atoms with Crippen LogP contribution in [-0.2, 0) is 16.1 Å². The van der Waals surface area contributed by atoms with Gasteiger partial charge in [0.2, 0.25) is 11.8 Å². The number of nitrogens with one attached hydrogen (secondary N) is 1. The zero-order chi connectivity index (χ0) is 25.2. The zero-order valence-electron chi connectivity index (χ0n) is 20.4. The summed E-state index contributed by atoms with van der Waals surface area (Å²) in [5, 5.41) is 0. The summed E-state index contributed by atoms with van der Waals surface area (Å²) in [6.45, 7) is 9.69. The van der Waals surface area contributed by atoms with E-state index in [0.29, 0.717) is 6.54 Å². The summed E-state index contributed by atoms with van der Waals surface area (Å²) >= 11 is 0. The number of nitrogens with zero attached hydrogens (tertiary/aromatic N) is 3. The van der Waals surface area contributed by atoms with Gasteiger partial charge in [0.25, 0.3) is 5.56 Å². The van der Waals surface area contributed by atoms with E-state index >= 15 is 0 Å². The minimum absolute atomic E-state index is 0.0238. The number of fused-ring (bicyclic) bond motifs is 1. The summed E-state index contributed by atoms with van der Waals surface area (Å²) < 4.78 is 1.29. The first kappa shape index (κ1) is 25.0. The lowest BCUT2D eigenvalue weighted by molar-refractivity contribution is -0.129. The van der Waals surface area contributed by atoms with Crippen LogP contribution >= 0.6 is 0 Å². The lowest BCUT2D eigenvalue weighted by Crippen LogP contribution is -2.44. The van der Waals surface area contributed by atoms with E-state index < -0.39 is 17.3 Å². The highest BCUT2D eigenvalue weighted by atomic mass is 16.2. The number of anilines is 2. The predicted octanol–water partition coefficient (Wildman–Crippen LogP) is 2.73. The molecular formula is C25H33N5O4. The Morgan fingerprint density at radius 2 is 1.79 bits per heavy atom. The number of nitrogens with two attached hydrogens (primary N) is 1. The molecule has 0 bridgehead atoms. The maximum atomic E-state index is 13.7. The summed E-state index contributed by atoms with van der Waals surface area (Å²) in [4.78, 5) is 56.5. The van der Waals surface area contributed by atoms with E-state index in [9.17, 15) is 19.2 Å². The van der Waals surface area contributed by atoms with Gasteiger partial charge in [-0.3, -0.25) is 23.9 Å². The zero-order valence-corrected chi connectivity index (χ0v) is 20.4. The number of hydrogen-bond acceptors (Lipinski definition) is 5. The Morgan fingerprint density at radius 1 is 1.12 bits per heavy atom. The van der Waals surface area contributed by atoms with Crippen molar-refractivity contribution in [1.29, 1.82) is 0 Å². The van der Waals surface area contributed by atoms with Crippen LogP contribution in [-0.4, -0.2) is 32.8 Å². The van der Waals surface area contributed by atoms with Crippen molar-refractivity contribution >= 4 is 29.4 Å². The number of H-pyrrole nitrogens is 1. The summed E-state index contributed by atoms with van der Waals surface area (Å²) in [5.74, 6) is -0.467. The molecule has 0 saturated heterocycles. The van der Waals surface area contributed by atoms with Crippen LogP contribution in [0.2, 0.25) is 0 Å². The molecule has 0 aliphatic carbocycles. The fourth-order valence-electron chi connectivity index (χ4n) is 4.26. The number of carbonyl (C=O) groups excluding carboxylic acids is 2. The molecule has 34 heavy (non-hydrogen) atoms. The van der Waals surface area contributed by atoms with Crippen molar-refractivity contribution in [2.24, 2.45) is 11.8 Å². The Morgan fingerprint density at radius 3 is 2.41 bits per heavy atom. The Kier molecular flexibility index (Phi) is 7.44. The van der Waals surface area contributed by atoms with Crippen molar-refractivity contribution in [3.8, 4) is 0 Å². The molecule has 0 spiro atoms. The smallest absolute Gasteiger partial charge is 0.330 e. The second kappa shape index (κ2) is 10.1. The van der Waals surface area contributed by atoms with Crippen molar-refractivity contribution < 1.29 is 9.59 Å². The van der Waals surface area contributed by atoms with E-state index in [0.717, 1.165) is 11.1 Å². The van der Waals surface area contributed by atoms with Crippen LogP contribution in [0, 0.1) is 11.8 Å². The fourth-order valence-corrected chi connectivity index (χ4v) is 4.26. The second-order valence-corrected chi connectivity index (χ2v) is 9.49. The SMILES string of the molecule is CC(=O)N1C=Cc2ccccc2[C@H]1CC(=O)N(CC(C)C)c1c(N)n(CC(C)C)c(=O)[nH]c1=O. The number of amides is 2. The number of aromatic nitrogens is 2. The molecule has 2 amide bonds. The highest BCUT2D eigenvalue weighted by molar-refractivity contribution is 5.96. The molecule has 0 unspecified atom stereocenters. The second-order valence-electron chi connectivity index (χ2n) is 9.49. The molecule has 0 fully saturated rings. The molecule has 0 radical (unpaired) electrons. The van der Waals surface area contributed by atoms with Crippen molar-refractivity contribution in [1.82, 2.24) is 14.5 Å². The van der Waals surface area contributed by atoms with Crippen LogP contribution in [0.3, 0.4) is 0 Å². The fraction of sp³-hybridized carbons (Fsp3) is 0.440. The highest BCUT2D eigenvalue weighted by Crippen LogP contribution is 2.34. The van der Waals surface area contributed by atoms with Crippen LogP contribution in [0.1, 0.15) is 58.2 Å². The van der Waals surface area contributed by atoms with Gasteiger partial charge in [-0.25, -0.2) is 4.79 Å². The third-order valence-corrected chi connectivity index (χ3v) is 5.72. The minimum Gasteiger partial charge on any atom is -0.383 e. The number of rotatable bonds is 7. The van der Waals surface area contributed by atoms with E-state index in [1.165, 1.54) is 21.3 Å². The largest absolute Gasteiger partial charge is 0.383 e. The van der Waals surface area contributed by atoms with Crippen LogP contribution in [0.25, 0.3) is 6.08 Å². The number of nitrogen functional groups attached to an aromatic ring is 1. The first-order valence-corrected chi connectivity index (χ1v) is 11.5. The molecule has 0 saturated carbocycles. The third-order valence-electron chi connectivity index (χ3n) is 5.72. The van der Waals surface area contributed by atoms with Gasteiger partial charge < -0.3 is 15.5 Å². The molecule has 2 aromatic rings. The predicted molar refractivity (Wildman–Crippen MR) is 133 cm³/mol. The first-order valence-electron chi connectivity index (χ1n) is 11.5. The molecule has 9 heteroatoms. The first-order chi connectivity index (χ1) is 16.0. The molecule has 1 aromatic heterocycles. The summed E-state index contributed by atoms with van der Waals surface area (Å²) in [7, 11) is 0. The van der Waals surface area contributed by atoms with Crippen molar-refractivity contribution in [3.05, 3.63) is 62.4 Å². The van der Waals surface area contributed by atoms with Gasteiger partial charge in [0, 0.05) is 26.2 Å².